The van der Waals surface area contributed by atoms with E-state index in [0.717, 1.165) is 23.3 Å². The van der Waals surface area contributed by atoms with E-state index in [1.54, 1.807) is 0 Å². The van der Waals surface area contributed by atoms with Crippen LogP contribution in [0, 0.1) is 17.0 Å². The van der Waals surface area contributed by atoms with Gasteiger partial charge < -0.3 is 10.1 Å². The number of hydrogen-bond donors (Lipinski definition) is 2. The molecule has 2 aromatic rings. The number of ether oxygens (including phenoxy) is 1. The summed E-state index contributed by atoms with van der Waals surface area (Å²) in [7, 11) is 0. The fourth-order valence-electron chi connectivity index (χ4n) is 2.29. The fraction of sp³-hybridized carbons (Fsp3) is 0.227. The van der Waals surface area contributed by atoms with Crippen molar-refractivity contribution in [1.29, 1.82) is 5.41 Å². The van der Waals surface area contributed by atoms with Gasteiger partial charge in [0.1, 0.15) is 35.4 Å². The second kappa shape index (κ2) is 10.8. The molecule has 0 bridgehead atoms. The molecule has 0 spiro atoms. The van der Waals surface area contributed by atoms with E-state index in [4.69, 9.17) is 10.1 Å². The van der Waals surface area contributed by atoms with Gasteiger partial charge in [-0.25, -0.2) is 8.78 Å². The second-order valence-electron chi connectivity index (χ2n) is 6.46. The van der Waals surface area contributed by atoms with Gasteiger partial charge in [0.05, 0.1) is 6.54 Å². The lowest BCUT2D eigenvalue weighted by Crippen LogP contribution is -2.23. The van der Waals surface area contributed by atoms with Gasteiger partial charge in [-0.3, -0.25) is 15.2 Å². The number of rotatable bonds is 9. The Bertz CT molecular complexity index is 915. The van der Waals surface area contributed by atoms with Crippen LogP contribution in [0.4, 0.5) is 14.5 Å². The summed E-state index contributed by atoms with van der Waals surface area (Å²) < 4.78 is 32.9. The largest absolute Gasteiger partial charge is 0.489 e. The van der Waals surface area contributed by atoms with Gasteiger partial charge >= 0.3 is 0 Å². The number of carbonyl (C=O) groups excluding carboxylic acids is 1. The van der Waals surface area contributed by atoms with Crippen molar-refractivity contribution in [1.82, 2.24) is 0 Å². The Balaban J connectivity index is 1.89. The van der Waals surface area contributed by atoms with E-state index in [1.165, 1.54) is 12.3 Å². The third-order valence-electron chi connectivity index (χ3n) is 3.86. The predicted molar refractivity (Wildman–Crippen MR) is 111 cm³/mol. The van der Waals surface area contributed by atoms with Crippen molar-refractivity contribution in [3.63, 3.8) is 0 Å². The van der Waals surface area contributed by atoms with Crippen molar-refractivity contribution in [3.8, 4) is 5.75 Å². The molecule has 152 valence electrons. The molecule has 2 rings (SSSR count). The molecule has 0 radical (unpaired) electrons. The zero-order valence-electron chi connectivity index (χ0n) is 16.3. The topological polar surface area (TPSA) is 74.5 Å². The Kier molecular flexibility index (Phi) is 8.21. The lowest BCUT2D eigenvalue weighted by Gasteiger charge is -2.08. The van der Waals surface area contributed by atoms with Crippen molar-refractivity contribution in [2.24, 2.45) is 4.99 Å². The Labute approximate surface area is 168 Å². The summed E-state index contributed by atoms with van der Waals surface area (Å²) in [4.78, 5) is 16.2. The van der Waals surface area contributed by atoms with E-state index in [1.807, 2.05) is 44.2 Å². The number of anilines is 1. The second-order valence-corrected chi connectivity index (χ2v) is 6.46. The van der Waals surface area contributed by atoms with Gasteiger partial charge in [0.15, 0.2) is 0 Å². The molecule has 0 unspecified atom stereocenters. The maximum absolute atomic E-state index is 13.6. The van der Waals surface area contributed by atoms with Crippen LogP contribution >= 0.6 is 0 Å². The van der Waals surface area contributed by atoms with Gasteiger partial charge in [-0.15, -0.1) is 0 Å². The van der Waals surface area contributed by atoms with E-state index in [-0.39, 0.29) is 12.1 Å². The van der Waals surface area contributed by atoms with Crippen LogP contribution in [-0.2, 0) is 11.3 Å². The molecular weight excluding hydrogens is 376 g/mol. The van der Waals surface area contributed by atoms with Crippen LogP contribution in [0.3, 0.4) is 0 Å². The molecule has 0 aromatic heterocycles. The molecule has 5 nitrogen and oxygen atoms in total. The molecule has 0 fully saturated rings. The normalized spacial score (nSPS) is 10.6. The number of para-hydroxylation sites is 2. The van der Waals surface area contributed by atoms with E-state index >= 15 is 0 Å². The molecule has 1 amide bonds. The number of hydrogen-bond acceptors (Lipinski definition) is 4. The molecule has 7 heteroatoms. The Morgan fingerprint density at radius 1 is 1.14 bits per heavy atom. The SMILES string of the molecule is CC(C)=CCOc1ccccc1CN=CCC(=N)C(=O)Nc1c(F)cccc1F. The summed E-state index contributed by atoms with van der Waals surface area (Å²) in [6.07, 6.45) is 3.33. The lowest BCUT2D eigenvalue weighted by molar-refractivity contribution is -0.110. The smallest absolute Gasteiger partial charge is 0.269 e. The molecule has 0 atom stereocenters. The predicted octanol–water partition coefficient (Wildman–Crippen LogP) is 4.93. The van der Waals surface area contributed by atoms with Crippen molar-refractivity contribution in [3.05, 3.63) is 71.3 Å². The van der Waals surface area contributed by atoms with E-state index in [0.29, 0.717) is 18.9 Å². The highest BCUT2D eigenvalue weighted by atomic mass is 19.1. The number of carbonyl (C=O) groups is 1. The van der Waals surface area contributed by atoms with Gasteiger partial charge in [-0.05, 0) is 38.1 Å². The number of benzene rings is 2. The third-order valence-corrected chi connectivity index (χ3v) is 3.86. The monoisotopic (exact) mass is 399 g/mol. The van der Waals surface area contributed by atoms with Gasteiger partial charge in [-0.2, -0.15) is 0 Å². The number of amides is 1. The average Bonchev–Trinajstić information content (AvgIpc) is 2.68. The molecule has 0 saturated heterocycles. The minimum absolute atomic E-state index is 0.0668. The highest BCUT2D eigenvalue weighted by molar-refractivity contribution is 6.43. The lowest BCUT2D eigenvalue weighted by atomic mass is 10.2. The standard InChI is InChI=1S/C22H23F2N3O2/c1-15(2)11-13-29-20-9-4-3-6-16(20)14-26-12-10-19(25)22(28)27-21-17(23)7-5-8-18(21)24/h3-9,11-12,25H,10,13-14H2,1-2H3,(H,27,28). The van der Waals surface area contributed by atoms with Crippen LogP contribution in [0.1, 0.15) is 25.8 Å². The van der Waals surface area contributed by atoms with Crippen LogP contribution in [0.15, 0.2) is 59.1 Å². The van der Waals surface area contributed by atoms with Gasteiger partial charge in [0.25, 0.3) is 5.91 Å². The number of halogens is 2. The van der Waals surface area contributed by atoms with Crippen LogP contribution in [0.2, 0.25) is 0 Å². The maximum atomic E-state index is 13.6. The first kappa shape index (κ1) is 21.9. The molecule has 0 heterocycles. The van der Waals surface area contributed by atoms with Crippen molar-refractivity contribution in [2.45, 2.75) is 26.8 Å². The highest BCUT2D eigenvalue weighted by Crippen LogP contribution is 2.19. The molecule has 2 N–H and O–H groups in total. The van der Waals surface area contributed by atoms with Crippen LogP contribution in [-0.4, -0.2) is 24.4 Å². The number of allylic oxidation sites excluding steroid dienone is 1. The van der Waals surface area contributed by atoms with E-state index < -0.39 is 23.2 Å². The molecule has 29 heavy (non-hydrogen) atoms. The van der Waals surface area contributed by atoms with E-state index in [9.17, 15) is 13.6 Å². The quantitative estimate of drug-likeness (QED) is 0.463. The zero-order chi connectivity index (χ0) is 21.2. The molecule has 0 aliphatic heterocycles. The minimum Gasteiger partial charge on any atom is -0.489 e. The molecule has 0 saturated carbocycles. The van der Waals surface area contributed by atoms with Crippen LogP contribution < -0.4 is 10.1 Å². The van der Waals surface area contributed by atoms with Crippen LogP contribution in [0.25, 0.3) is 0 Å². The van der Waals surface area contributed by atoms with Crippen molar-refractivity contribution >= 4 is 23.5 Å². The Morgan fingerprint density at radius 3 is 2.52 bits per heavy atom. The minimum atomic E-state index is -0.899. The zero-order valence-corrected chi connectivity index (χ0v) is 16.3. The summed E-state index contributed by atoms with van der Waals surface area (Å²) in [5, 5.41) is 9.84. The van der Waals surface area contributed by atoms with Gasteiger partial charge in [0, 0.05) is 18.2 Å². The molecule has 0 aliphatic rings. The third kappa shape index (κ3) is 6.95. The first-order valence-electron chi connectivity index (χ1n) is 9.03. The summed E-state index contributed by atoms with van der Waals surface area (Å²) in [5.74, 6) is -1.97. The summed E-state index contributed by atoms with van der Waals surface area (Å²) >= 11 is 0. The summed E-state index contributed by atoms with van der Waals surface area (Å²) in [6, 6.07) is 10.7. The van der Waals surface area contributed by atoms with Gasteiger partial charge in [0.2, 0.25) is 0 Å². The van der Waals surface area contributed by atoms with E-state index in [2.05, 4.69) is 10.3 Å². The fourth-order valence-corrected chi connectivity index (χ4v) is 2.29. The Morgan fingerprint density at radius 2 is 1.83 bits per heavy atom. The van der Waals surface area contributed by atoms with Crippen molar-refractivity contribution in [2.75, 3.05) is 11.9 Å². The Hall–Kier alpha value is -3.35. The molecular formula is C22H23F2N3O2. The number of nitrogens with zero attached hydrogens (tertiary/aromatic N) is 1. The average molecular weight is 399 g/mol. The van der Waals surface area contributed by atoms with Gasteiger partial charge in [-0.1, -0.05) is 29.8 Å². The van der Waals surface area contributed by atoms with Crippen LogP contribution in [0.5, 0.6) is 5.75 Å². The number of nitrogens with one attached hydrogen (secondary N) is 2. The summed E-state index contributed by atoms with van der Waals surface area (Å²) in [6.45, 7) is 4.76. The maximum Gasteiger partial charge on any atom is 0.269 e. The summed E-state index contributed by atoms with van der Waals surface area (Å²) in [5.41, 5.74) is 1.11. The van der Waals surface area contributed by atoms with Crippen molar-refractivity contribution < 1.29 is 18.3 Å². The molecule has 2 aromatic carbocycles. The number of aliphatic imine (C=N–C) groups is 1. The first-order valence-corrected chi connectivity index (χ1v) is 9.03. The first-order chi connectivity index (χ1) is 13.9. The molecule has 0 aliphatic carbocycles. The highest BCUT2D eigenvalue weighted by Gasteiger charge is 2.14.